The van der Waals surface area contributed by atoms with Crippen molar-refractivity contribution >= 4 is 16.6 Å². The largest absolute Gasteiger partial charge is 0.382 e. The molecule has 0 saturated heterocycles. The molecule has 4 heteroatoms. The van der Waals surface area contributed by atoms with E-state index in [1.54, 1.807) is 17.7 Å². The fourth-order valence-electron chi connectivity index (χ4n) is 2.64. The highest BCUT2D eigenvalue weighted by atomic mass is 16.1. The van der Waals surface area contributed by atoms with Gasteiger partial charge in [-0.1, -0.05) is 18.2 Å². The molecule has 1 heterocycles. The number of benzene rings is 1. The second-order valence-corrected chi connectivity index (χ2v) is 5.54. The van der Waals surface area contributed by atoms with Crippen molar-refractivity contribution in [1.82, 2.24) is 4.57 Å². The van der Waals surface area contributed by atoms with E-state index >= 15 is 0 Å². The Morgan fingerprint density at radius 3 is 2.79 bits per heavy atom. The summed E-state index contributed by atoms with van der Waals surface area (Å²) in [4.78, 5) is 12.0. The molecule has 0 amide bonds. The first-order chi connectivity index (χ1) is 9.09. The van der Waals surface area contributed by atoms with Crippen LogP contribution in [0, 0.1) is 0 Å². The Hall–Kier alpha value is -1.81. The number of nitrogens with one attached hydrogen (secondary N) is 1. The second kappa shape index (κ2) is 4.38. The smallest absolute Gasteiger partial charge is 0.252 e. The molecule has 100 valence electrons. The average molecular weight is 257 g/mol. The van der Waals surface area contributed by atoms with Crippen LogP contribution >= 0.6 is 0 Å². The fraction of sp³-hybridized carbons (Fsp3) is 0.400. The molecule has 1 aliphatic carbocycles. The molecule has 1 fully saturated rings. The number of hydrogen-bond acceptors (Lipinski definition) is 3. The molecular formula is C15H19N3O. The van der Waals surface area contributed by atoms with Crippen molar-refractivity contribution in [2.75, 3.05) is 11.9 Å². The predicted molar refractivity (Wildman–Crippen MR) is 78.4 cm³/mol. The lowest BCUT2D eigenvalue weighted by Gasteiger charge is -2.38. The van der Waals surface area contributed by atoms with Crippen LogP contribution in [-0.2, 0) is 7.05 Å². The average Bonchev–Trinajstić information content (AvgIpc) is 2.39. The molecule has 1 aliphatic rings. The van der Waals surface area contributed by atoms with Gasteiger partial charge < -0.3 is 15.6 Å². The van der Waals surface area contributed by atoms with Gasteiger partial charge in [-0.15, -0.1) is 0 Å². The van der Waals surface area contributed by atoms with E-state index in [1.807, 2.05) is 24.3 Å². The van der Waals surface area contributed by atoms with Crippen LogP contribution < -0.4 is 16.6 Å². The summed E-state index contributed by atoms with van der Waals surface area (Å²) in [6.07, 6.45) is 3.32. The molecule has 2 aromatic rings. The molecule has 0 atom stereocenters. The highest BCUT2D eigenvalue weighted by molar-refractivity contribution is 5.91. The first-order valence-corrected chi connectivity index (χ1v) is 6.71. The number of hydrogen-bond donors (Lipinski definition) is 2. The Morgan fingerprint density at radius 1 is 1.37 bits per heavy atom. The van der Waals surface area contributed by atoms with Crippen LogP contribution in [0.1, 0.15) is 19.3 Å². The standard InChI is InChI=1S/C15H19N3O/c1-18-13-6-3-2-5-11(13)12(9-14(18)19)17-10-15(16)7-4-8-15/h2-3,5-6,9,17H,4,7-8,10,16H2,1H3. The molecule has 4 nitrogen and oxygen atoms in total. The van der Waals surface area contributed by atoms with Crippen molar-refractivity contribution in [3.63, 3.8) is 0 Å². The van der Waals surface area contributed by atoms with Crippen LogP contribution in [0.2, 0.25) is 0 Å². The predicted octanol–water partition coefficient (Wildman–Crippen LogP) is 1.83. The third kappa shape index (κ3) is 2.12. The minimum Gasteiger partial charge on any atom is -0.382 e. The van der Waals surface area contributed by atoms with Gasteiger partial charge in [-0.05, 0) is 25.3 Å². The summed E-state index contributed by atoms with van der Waals surface area (Å²) in [5.74, 6) is 0. The SMILES string of the molecule is Cn1c(=O)cc(NCC2(N)CCC2)c2ccccc21. The van der Waals surface area contributed by atoms with Gasteiger partial charge in [0, 0.05) is 36.3 Å². The molecule has 0 bridgehead atoms. The van der Waals surface area contributed by atoms with E-state index in [0.29, 0.717) is 0 Å². The van der Waals surface area contributed by atoms with Gasteiger partial charge in [-0.3, -0.25) is 4.79 Å². The Kier molecular flexibility index (Phi) is 2.82. The van der Waals surface area contributed by atoms with Gasteiger partial charge in [-0.2, -0.15) is 0 Å². The number of aryl methyl sites for hydroxylation is 1. The molecule has 0 spiro atoms. The summed E-state index contributed by atoms with van der Waals surface area (Å²) in [5.41, 5.74) is 7.95. The number of nitrogens with zero attached hydrogens (tertiary/aromatic N) is 1. The maximum absolute atomic E-state index is 12.0. The quantitative estimate of drug-likeness (QED) is 0.882. The van der Waals surface area contributed by atoms with Crippen molar-refractivity contribution in [2.45, 2.75) is 24.8 Å². The van der Waals surface area contributed by atoms with Gasteiger partial charge in [0.15, 0.2) is 0 Å². The monoisotopic (exact) mass is 257 g/mol. The van der Waals surface area contributed by atoms with E-state index in [2.05, 4.69) is 5.32 Å². The highest BCUT2D eigenvalue weighted by Crippen LogP contribution is 2.30. The normalized spacial score (nSPS) is 17.2. The van der Waals surface area contributed by atoms with Gasteiger partial charge in [0.2, 0.25) is 0 Å². The number of anilines is 1. The Balaban J connectivity index is 1.98. The zero-order valence-electron chi connectivity index (χ0n) is 11.1. The number of aromatic nitrogens is 1. The van der Waals surface area contributed by atoms with Crippen LogP contribution in [-0.4, -0.2) is 16.7 Å². The summed E-state index contributed by atoms with van der Waals surface area (Å²) in [6, 6.07) is 9.58. The third-order valence-electron chi connectivity index (χ3n) is 4.13. The summed E-state index contributed by atoms with van der Waals surface area (Å²) in [6.45, 7) is 0.726. The molecule has 0 unspecified atom stereocenters. The maximum atomic E-state index is 12.0. The molecule has 0 aliphatic heterocycles. The van der Waals surface area contributed by atoms with Crippen molar-refractivity contribution in [3.8, 4) is 0 Å². The van der Waals surface area contributed by atoms with Crippen molar-refractivity contribution < 1.29 is 0 Å². The first-order valence-electron chi connectivity index (χ1n) is 6.71. The van der Waals surface area contributed by atoms with E-state index in [-0.39, 0.29) is 11.1 Å². The van der Waals surface area contributed by atoms with E-state index in [0.717, 1.165) is 36.0 Å². The van der Waals surface area contributed by atoms with Gasteiger partial charge >= 0.3 is 0 Å². The van der Waals surface area contributed by atoms with Crippen LogP contribution in [0.5, 0.6) is 0 Å². The van der Waals surface area contributed by atoms with E-state index < -0.39 is 0 Å². The summed E-state index contributed by atoms with van der Waals surface area (Å²) in [7, 11) is 1.80. The Bertz CT molecular complexity index is 671. The molecule has 1 saturated carbocycles. The van der Waals surface area contributed by atoms with Gasteiger partial charge in [-0.25, -0.2) is 0 Å². The number of fused-ring (bicyclic) bond motifs is 1. The molecule has 1 aromatic heterocycles. The zero-order valence-corrected chi connectivity index (χ0v) is 11.1. The fourth-order valence-corrected chi connectivity index (χ4v) is 2.64. The molecular weight excluding hydrogens is 238 g/mol. The third-order valence-corrected chi connectivity index (χ3v) is 4.13. The lowest BCUT2D eigenvalue weighted by Crippen LogP contribution is -2.52. The number of para-hydroxylation sites is 1. The van der Waals surface area contributed by atoms with E-state index in [1.165, 1.54) is 6.42 Å². The number of nitrogens with two attached hydrogens (primary N) is 1. The van der Waals surface area contributed by atoms with Crippen LogP contribution in [0.3, 0.4) is 0 Å². The minimum absolute atomic E-state index is 0.000816. The number of pyridine rings is 1. The van der Waals surface area contributed by atoms with Crippen LogP contribution in [0.15, 0.2) is 35.1 Å². The lowest BCUT2D eigenvalue weighted by molar-refractivity contribution is 0.265. The van der Waals surface area contributed by atoms with E-state index in [9.17, 15) is 4.79 Å². The summed E-state index contributed by atoms with van der Waals surface area (Å²) in [5, 5.41) is 4.42. The van der Waals surface area contributed by atoms with Gasteiger partial charge in [0.25, 0.3) is 5.56 Å². The number of rotatable bonds is 3. The van der Waals surface area contributed by atoms with Crippen LogP contribution in [0.25, 0.3) is 10.9 Å². The van der Waals surface area contributed by atoms with Gasteiger partial charge in [0.05, 0.1) is 5.52 Å². The first kappa shape index (κ1) is 12.2. The van der Waals surface area contributed by atoms with Crippen LogP contribution in [0.4, 0.5) is 5.69 Å². The maximum Gasteiger partial charge on any atom is 0.252 e. The summed E-state index contributed by atoms with van der Waals surface area (Å²) >= 11 is 0. The molecule has 0 radical (unpaired) electrons. The minimum atomic E-state index is -0.0951. The topological polar surface area (TPSA) is 60.0 Å². The second-order valence-electron chi connectivity index (χ2n) is 5.54. The van der Waals surface area contributed by atoms with Crippen molar-refractivity contribution in [3.05, 3.63) is 40.7 Å². The lowest BCUT2D eigenvalue weighted by atomic mass is 9.78. The highest BCUT2D eigenvalue weighted by Gasteiger charge is 2.32. The summed E-state index contributed by atoms with van der Waals surface area (Å²) < 4.78 is 1.67. The van der Waals surface area contributed by atoms with Crippen molar-refractivity contribution in [2.24, 2.45) is 12.8 Å². The molecule has 1 aromatic carbocycles. The molecule has 3 rings (SSSR count). The molecule has 3 N–H and O–H groups in total. The van der Waals surface area contributed by atoms with E-state index in [4.69, 9.17) is 5.73 Å². The Labute approximate surface area is 112 Å². The van der Waals surface area contributed by atoms with Gasteiger partial charge in [0.1, 0.15) is 0 Å². The van der Waals surface area contributed by atoms with Crippen molar-refractivity contribution in [1.29, 1.82) is 0 Å². The molecule has 19 heavy (non-hydrogen) atoms. The zero-order chi connectivity index (χ0) is 13.5. The Morgan fingerprint density at radius 2 is 2.11 bits per heavy atom.